The first kappa shape index (κ1) is 79.7. The first-order chi connectivity index (χ1) is 71.0. The van der Waals surface area contributed by atoms with Crippen LogP contribution < -0.4 is 0 Å². The highest BCUT2D eigenvalue weighted by molar-refractivity contribution is 7.28. The first-order valence-corrected chi connectivity index (χ1v) is 50.4. The van der Waals surface area contributed by atoms with Crippen molar-refractivity contribution in [3.05, 3.63) is 431 Å². The number of aromatic nitrogens is 9. The summed E-state index contributed by atoms with van der Waals surface area (Å²) in [5.41, 5.74) is 21.2. The van der Waals surface area contributed by atoms with Crippen LogP contribution in [0.15, 0.2) is 444 Å². The summed E-state index contributed by atoms with van der Waals surface area (Å²) in [6.07, 6.45) is 0. The molecule has 0 fully saturated rings. The monoisotopic (exact) mass is 1880 g/mol. The second kappa shape index (κ2) is 31.1. The van der Waals surface area contributed by atoms with Gasteiger partial charge in [0.2, 0.25) is 17.8 Å². The molecule has 33 rings (SSSR count). The number of nitrogens with zero attached hydrogens (tertiary/aromatic N) is 9. The lowest BCUT2D eigenvalue weighted by Gasteiger charge is -2.12. The summed E-state index contributed by atoms with van der Waals surface area (Å²) in [6, 6.07) is 152. The minimum atomic E-state index is 0.624. The van der Waals surface area contributed by atoms with Gasteiger partial charge >= 0.3 is 0 Å². The maximum atomic E-state index is 6.57. The molecule has 0 amide bonds. The summed E-state index contributed by atoms with van der Waals surface area (Å²) in [6.45, 7) is 0. The second-order valence-corrected chi connectivity index (χ2v) is 39.9. The molecule has 12 nitrogen and oxygen atoms in total. The molecule has 21 aromatic carbocycles. The Labute approximate surface area is 824 Å². The topological polar surface area (TPSA) is 132 Å². The van der Waals surface area contributed by atoms with Crippen LogP contribution in [0.2, 0.25) is 0 Å². The molecule has 0 aliphatic rings. The number of furan rings is 3. The fraction of sp³-hybridized carbons (Fsp3) is 0. The van der Waals surface area contributed by atoms with Crippen molar-refractivity contribution in [2.45, 2.75) is 0 Å². The van der Waals surface area contributed by atoms with Gasteiger partial charge in [-0.15, -0.1) is 34.0 Å². The van der Waals surface area contributed by atoms with Gasteiger partial charge in [-0.3, -0.25) is 13.7 Å². The molecular formula is C128H71N9O3S3. The van der Waals surface area contributed by atoms with E-state index in [0.717, 1.165) is 138 Å². The average molecular weight is 1880 g/mol. The smallest absolute Gasteiger partial charge is 0.236 e. The lowest BCUT2D eigenvalue weighted by molar-refractivity contribution is 0.666. The maximum absolute atomic E-state index is 6.57. The maximum Gasteiger partial charge on any atom is 0.236 e. The van der Waals surface area contributed by atoms with Crippen molar-refractivity contribution in [2.75, 3.05) is 0 Å². The number of benzene rings is 21. The van der Waals surface area contributed by atoms with Crippen LogP contribution in [-0.2, 0) is 0 Å². The van der Waals surface area contributed by atoms with E-state index in [2.05, 4.69) is 384 Å². The summed E-state index contributed by atoms with van der Waals surface area (Å²) in [4.78, 5) is 32.4. The van der Waals surface area contributed by atoms with Gasteiger partial charge in [0.05, 0.1) is 33.1 Å². The molecule has 0 bridgehead atoms. The van der Waals surface area contributed by atoms with E-state index in [1.165, 1.54) is 136 Å². The van der Waals surface area contributed by atoms with Crippen molar-refractivity contribution in [2.24, 2.45) is 0 Å². The fourth-order valence-corrected chi connectivity index (χ4v) is 26.5. The van der Waals surface area contributed by atoms with Crippen LogP contribution >= 0.6 is 34.0 Å². The van der Waals surface area contributed by atoms with Crippen LogP contribution in [0.3, 0.4) is 0 Å². The van der Waals surface area contributed by atoms with Crippen molar-refractivity contribution >= 4 is 280 Å². The number of hydrogen-bond acceptors (Lipinski definition) is 12. The van der Waals surface area contributed by atoms with E-state index in [0.29, 0.717) is 34.6 Å². The van der Waals surface area contributed by atoms with E-state index < -0.39 is 0 Å². The molecular weight excluding hydrogens is 1810 g/mol. The van der Waals surface area contributed by atoms with Crippen LogP contribution in [0.25, 0.3) is 309 Å². The Morgan fingerprint density at radius 3 is 0.923 bits per heavy atom. The Kier molecular flexibility index (Phi) is 17.3. The van der Waals surface area contributed by atoms with E-state index in [1.807, 2.05) is 94.7 Å². The van der Waals surface area contributed by atoms with Gasteiger partial charge in [-0.2, -0.15) is 0 Å². The van der Waals surface area contributed by atoms with Gasteiger partial charge in [-0.05, 0) is 128 Å². The van der Waals surface area contributed by atoms with Crippen LogP contribution in [0, 0.1) is 0 Å². The summed E-state index contributed by atoms with van der Waals surface area (Å²) in [5.74, 6) is 1.88. The van der Waals surface area contributed by atoms with E-state index >= 15 is 0 Å². The lowest BCUT2D eigenvalue weighted by Crippen LogP contribution is -2.03. The number of rotatable bonds is 7. The van der Waals surface area contributed by atoms with Crippen molar-refractivity contribution in [1.82, 2.24) is 43.6 Å². The highest BCUT2D eigenvalue weighted by atomic mass is 32.1. The summed E-state index contributed by atoms with van der Waals surface area (Å²) in [7, 11) is 0. The molecule has 0 radical (unpaired) electrons. The minimum absolute atomic E-state index is 0.624. The van der Waals surface area contributed by atoms with Crippen LogP contribution in [-0.4, -0.2) is 43.6 Å². The zero-order chi connectivity index (χ0) is 93.3. The number of hydrogen-bond donors (Lipinski definition) is 0. The van der Waals surface area contributed by atoms with Gasteiger partial charge in [0.25, 0.3) is 0 Å². The lowest BCUT2D eigenvalue weighted by atomic mass is 10.00. The van der Waals surface area contributed by atoms with Gasteiger partial charge in [0.1, 0.15) is 50.4 Å². The van der Waals surface area contributed by atoms with Gasteiger partial charge in [-0.1, -0.05) is 352 Å². The van der Waals surface area contributed by atoms with Crippen LogP contribution in [0.4, 0.5) is 0 Å². The first-order valence-electron chi connectivity index (χ1n) is 47.9. The molecule has 0 aliphatic carbocycles. The third-order valence-electron chi connectivity index (χ3n) is 29.0. The molecule has 15 heteroatoms. The summed E-state index contributed by atoms with van der Waals surface area (Å²) < 4.78 is 34.2. The molecule has 0 saturated heterocycles. The highest BCUT2D eigenvalue weighted by Gasteiger charge is 2.32. The SMILES string of the molecule is c1ccc(-c2ccc(-c3nc(-n4c5ccccc5c5c6ccccc6c6sc7ccccc7c6c54)nc4c3oc3ccccc34)cc2)cc1.c1ccc2c(-c3nc(-n4c5ccccc5c5c6ccccc6c6sc7ccccc7c6c54)nc4c3oc3ccccc34)cccc2c1.c1ccc2cc(-c3nc(-n4c5ccccc5c5c6ccccc6c6sc7ccccc7c6c54)nc4c3oc3ccccc34)ccc2c1. The van der Waals surface area contributed by atoms with E-state index in [4.69, 9.17) is 43.2 Å². The molecule has 664 valence electrons. The molecule has 0 aliphatic heterocycles. The van der Waals surface area contributed by atoms with Crippen molar-refractivity contribution in [3.8, 4) is 62.7 Å². The van der Waals surface area contributed by atoms with Crippen molar-refractivity contribution < 1.29 is 13.3 Å². The molecule has 0 unspecified atom stereocenters. The predicted octanol–water partition coefficient (Wildman–Crippen LogP) is 36.0. The van der Waals surface area contributed by atoms with Gasteiger partial charge in [0.15, 0.2) is 16.7 Å². The quantitative estimate of drug-likeness (QED) is 0.153. The normalized spacial score (nSPS) is 12.2. The van der Waals surface area contributed by atoms with E-state index in [1.54, 1.807) is 0 Å². The Balaban J connectivity index is 0.0000000981. The summed E-state index contributed by atoms with van der Waals surface area (Å²) >= 11 is 5.57. The van der Waals surface area contributed by atoms with E-state index in [-0.39, 0.29) is 0 Å². The van der Waals surface area contributed by atoms with Gasteiger partial charge < -0.3 is 13.3 Å². The largest absolute Gasteiger partial charge is 0.452 e. The van der Waals surface area contributed by atoms with Gasteiger partial charge in [-0.25, -0.2) is 29.9 Å². The molecule has 33 aromatic rings. The third kappa shape index (κ3) is 11.9. The van der Waals surface area contributed by atoms with Crippen molar-refractivity contribution in [1.29, 1.82) is 0 Å². The molecule has 12 aromatic heterocycles. The average Bonchev–Trinajstić information content (AvgIpc) is 1.54. The zero-order valence-corrected chi connectivity index (χ0v) is 78.4. The Morgan fingerprint density at radius 2 is 0.490 bits per heavy atom. The molecule has 0 atom stereocenters. The van der Waals surface area contributed by atoms with Crippen molar-refractivity contribution in [3.63, 3.8) is 0 Å². The minimum Gasteiger partial charge on any atom is -0.452 e. The molecule has 0 spiro atoms. The van der Waals surface area contributed by atoms with Gasteiger partial charge in [0, 0.05) is 142 Å². The molecule has 0 saturated carbocycles. The molecule has 143 heavy (non-hydrogen) atoms. The fourth-order valence-electron chi connectivity index (χ4n) is 22.8. The predicted molar refractivity (Wildman–Crippen MR) is 599 cm³/mol. The van der Waals surface area contributed by atoms with Crippen LogP contribution in [0.1, 0.15) is 0 Å². The number of fused-ring (bicyclic) bond motifs is 41. The molecule has 0 N–H and O–H groups in total. The standard InChI is InChI=1S/C44H25N3OS.2C42H23N3OS/c1-2-12-26(13-3-1)27-22-24-28(25-23-27)39-42-40(32-17-7-10-20-35(32)48-42)46-44(45-39)47-34-19-9-6-16-31(34)37-29-14-4-5-15-30(29)43-38(41(37)47)33-18-8-11-21-36(33)49-43;1-2-14-25-24(12-1)13-11-20-27(25)37-40-38(30-18-6-9-22-33(30)46-40)44-42(43-37)45-32-21-8-5-17-29(32)35-26-15-3-4-16-28(26)41-36(39(35)45)31-19-7-10-23-34(31)47-41;1-2-12-25-23-26(22-21-24(25)11-1)37-40-38(30-16-6-9-19-33(30)46-40)44-42(43-37)45-32-18-8-5-15-29(32)35-27-13-3-4-14-28(27)41-36(39(35)45)31-17-7-10-20-34(31)47-41/h1-25H;2*1-23H. The number of para-hydroxylation sites is 6. The Bertz CT molecular complexity index is 11300. The highest BCUT2D eigenvalue weighted by Crippen LogP contribution is 2.54. The molecule has 12 heterocycles. The number of thiophene rings is 3. The Morgan fingerprint density at radius 1 is 0.189 bits per heavy atom. The Hall–Kier alpha value is -18.4. The van der Waals surface area contributed by atoms with E-state index in [9.17, 15) is 0 Å². The van der Waals surface area contributed by atoms with Crippen LogP contribution in [0.5, 0.6) is 0 Å². The third-order valence-corrected chi connectivity index (χ3v) is 32.6. The second-order valence-electron chi connectivity index (χ2n) is 36.7. The summed E-state index contributed by atoms with van der Waals surface area (Å²) in [5, 5.41) is 29.7. The zero-order valence-electron chi connectivity index (χ0n) is 76.0.